The Morgan fingerprint density at radius 2 is 2.47 bits per heavy atom. The van der Waals surface area contributed by atoms with E-state index in [1.807, 2.05) is 0 Å². The van der Waals surface area contributed by atoms with Gasteiger partial charge >= 0.3 is 5.97 Å². The molecule has 92 valence electrons. The zero-order valence-electron chi connectivity index (χ0n) is 9.01. The largest absolute Gasteiger partial charge is 0.480 e. The summed E-state index contributed by atoms with van der Waals surface area (Å²) in [7, 11) is 0. The van der Waals surface area contributed by atoms with Gasteiger partial charge < -0.3 is 14.4 Å². The van der Waals surface area contributed by atoms with Crippen LogP contribution in [0, 0.1) is 0 Å². The quantitative estimate of drug-likeness (QED) is 0.821. The van der Waals surface area contributed by atoms with Crippen molar-refractivity contribution in [2.45, 2.75) is 24.3 Å². The van der Waals surface area contributed by atoms with Gasteiger partial charge in [-0.2, -0.15) is 0 Å². The van der Waals surface area contributed by atoms with E-state index in [1.54, 1.807) is 12.1 Å². The van der Waals surface area contributed by atoms with E-state index in [4.69, 9.17) is 21.1 Å². The van der Waals surface area contributed by atoms with Crippen LogP contribution in [0.15, 0.2) is 22.8 Å². The van der Waals surface area contributed by atoms with Crippen molar-refractivity contribution in [3.05, 3.63) is 24.2 Å². The van der Waals surface area contributed by atoms with Gasteiger partial charge in [-0.25, -0.2) is 4.79 Å². The minimum Gasteiger partial charge on any atom is -0.480 e. The number of aliphatic carboxylic acids is 1. The van der Waals surface area contributed by atoms with Crippen LogP contribution in [0.25, 0.3) is 0 Å². The van der Waals surface area contributed by atoms with Gasteiger partial charge in [0.1, 0.15) is 11.8 Å². The van der Waals surface area contributed by atoms with Crippen molar-refractivity contribution in [2.75, 3.05) is 6.54 Å². The molecule has 1 aliphatic heterocycles. The topological polar surface area (TPSA) is 70.8 Å². The minimum atomic E-state index is -1.04. The van der Waals surface area contributed by atoms with Gasteiger partial charge in [-0.1, -0.05) is 0 Å². The number of alkyl halides is 1. The highest BCUT2D eigenvalue weighted by atomic mass is 35.5. The number of carboxylic acids is 1. The molecular weight excluding hydrogens is 246 g/mol. The number of rotatable bonds is 4. The number of hydrogen-bond acceptors (Lipinski definition) is 3. The SMILES string of the molecule is O=C(O)C(Cc1ccco1)N1CC(Cl)CC1=O. The minimum absolute atomic E-state index is 0.164. The lowest BCUT2D eigenvalue weighted by Gasteiger charge is -2.23. The van der Waals surface area contributed by atoms with Crippen LogP contribution in [0.5, 0.6) is 0 Å². The summed E-state index contributed by atoms with van der Waals surface area (Å²) < 4.78 is 5.10. The molecule has 0 radical (unpaired) electrons. The Balaban J connectivity index is 2.12. The summed E-state index contributed by atoms with van der Waals surface area (Å²) in [4.78, 5) is 24.1. The number of halogens is 1. The second kappa shape index (κ2) is 4.79. The predicted octanol–water partition coefficient (Wildman–Crippen LogP) is 1.12. The van der Waals surface area contributed by atoms with Crippen LogP contribution in [0.4, 0.5) is 0 Å². The summed E-state index contributed by atoms with van der Waals surface area (Å²) in [5.74, 6) is -0.715. The maximum atomic E-state index is 11.6. The van der Waals surface area contributed by atoms with Gasteiger partial charge in [0.15, 0.2) is 0 Å². The number of carbonyl (C=O) groups is 2. The number of likely N-dealkylation sites (tertiary alicyclic amines) is 1. The summed E-state index contributed by atoms with van der Waals surface area (Å²) in [5, 5.41) is 8.85. The highest BCUT2D eigenvalue weighted by Gasteiger charge is 2.37. The van der Waals surface area contributed by atoms with Crippen molar-refractivity contribution in [3.63, 3.8) is 0 Å². The van der Waals surface area contributed by atoms with Crippen LogP contribution in [-0.2, 0) is 16.0 Å². The van der Waals surface area contributed by atoms with Gasteiger partial charge in [-0.05, 0) is 12.1 Å². The third kappa shape index (κ3) is 2.61. The molecule has 2 rings (SSSR count). The molecule has 1 aromatic rings. The normalized spacial score (nSPS) is 21.8. The molecule has 1 amide bonds. The smallest absolute Gasteiger partial charge is 0.326 e. The van der Waals surface area contributed by atoms with Crippen molar-refractivity contribution in [1.29, 1.82) is 0 Å². The number of nitrogens with zero attached hydrogens (tertiary/aromatic N) is 1. The zero-order valence-corrected chi connectivity index (χ0v) is 9.76. The number of furan rings is 1. The standard InChI is InChI=1S/C11H12ClNO4/c12-7-4-10(14)13(6-7)9(11(15)16)5-8-2-1-3-17-8/h1-3,7,9H,4-6H2,(H,15,16). The van der Waals surface area contributed by atoms with Crippen LogP contribution in [0.3, 0.4) is 0 Å². The highest BCUT2D eigenvalue weighted by Crippen LogP contribution is 2.21. The zero-order chi connectivity index (χ0) is 12.4. The Bertz CT molecular complexity index is 417. The van der Waals surface area contributed by atoms with Crippen molar-refractivity contribution in [3.8, 4) is 0 Å². The van der Waals surface area contributed by atoms with Crippen molar-refractivity contribution < 1.29 is 19.1 Å². The number of amides is 1. The third-order valence-electron chi connectivity index (χ3n) is 2.75. The maximum absolute atomic E-state index is 11.6. The molecule has 17 heavy (non-hydrogen) atoms. The molecule has 5 nitrogen and oxygen atoms in total. The van der Waals surface area contributed by atoms with E-state index in [9.17, 15) is 9.59 Å². The molecule has 0 bridgehead atoms. The van der Waals surface area contributed by atoms with Gasteiger partial charge in [0, 0.05) is 19.4 Å². The van der Waals surface area contributed by atoms with E-state index < -0.39 is 12.0 Å². The molecule has 2 unspecified atom stereocenters. The summed E-state index contributed by atoms with van der Waals surface area (Å²) in [5.41, 5.74) is 0. The molecule has 6 heteroatoms. The lowest BCUT2D eigenvalue weighted by atomic mass is 10.1. The first-order valence-corrected chi connectivity index (χ1v) is 5.70. The van der Waals surface area contributed by atoms with Crippen molar-refractivity contribution in [2.24, 2.45) is 0 Å². The fraction of sp³-hybridized carbons (Fsp3) is 0.455. The first-order valence-electron chi connectivity index (χ1n) is 5.26. The second-order valence-electron chi connectivity index (χ2n) is 3.99. The number of carbonyl (C=O) groups excluding carboxylic acids is 1. The van der Waals surface area contributed by atoms with E-state index in [2.05, 4.69) is 0 Å². The van der Waals surface area contributed by atoms with Gasteiger partial charge in [-0.3, -0.25) is 4.79 Å². The van der Waals surface area contributed by atoms with E-state index in [-0.39, 0.29) is 30.7 Å². The summed E-state index contributed by atoms with van der Waals surface area (Å²) in [6.45, 7) is 0.276. The molecular formula is C11H12ClNO4. The Kier molecular flexibility index (Phi) is 3.38. The monoisotopic (exact) mass is 257 g/mol. The molecule has 1 aromatic heterocycles. The molecule has 0 spiro atoms. The lowest BCUT2D eigenvalue weighted by Crippen LogP contribution is -2.43. The molecule has 1 aliphatic rings. The molecule has 2 atom stereocenters. The predicted molar refractivity (Wildman–Crippen MR) is 59.8 cm³/mol. The van der Waals surface area contributed by atoms with Crippen LogP contribution in [-0.4, -0.2) is 39.8 Å². The average Bonchev–Trinajstić information content (AvgIpc) is 2.84. The summed E-state index contributed by atoms with van der Waals surface area (Å²) >= 11 is 5.85. The summed E-state index contributed by atoms with van der Waals surface area (Å²) in [6.07, 6.45) is 1.84. The second-order valence-corrected chi connectivity index (χ2v) is 4.60. The fourth-order valence-corrected chi connectivity index (χ4v) is 2.22. The van der Waals surface area contributed by atoms with Crippen LogP contribution in [0.1, 0.15) is 12.2 Å². The van der Waals surface area contributed by atoms with Gasteiger partial charge in [0.2, 0.25) is 5.91 Å². The number of carboxylic acid groups (broad SMARTS) is 1. The first kappa shape index (κ1) is 12.0. The molecule has 1 saturated heterocycles. The highest BCUT2D eigenvalue weighted by molar-refractivity contribution is 6.22. The van der Waals surface area contributed by atoms with Gasteiger partial charge in [-0.15, -0.1) is 11.6 Å². The number of hydrogen-bond donors (Lipinski definition) is 1. The van der Waals surface area contributed by atoms with Gasteiger partial charge in [0.25, 0.3) is 0 Å². The first-order chi connectivity index (χ1) is 8.08. The molecule has 0 aromatic carbocycles. The van der Waals surface area contributed by atoms with E-state index in [0.717, 1.165) is 0 Å². The third-order valence-corrected chi connectivity index (χ3v) is 3.04. The molecule has 2 heterocycles. The van der Waals surface area contributed by atoms with E-state index in [1.165, 1.54) is 11.2 Å². The van der Waals surface area contributed by atoms with Gasteiger partial charge in [0.05, 0.1) is 11.6 Å². The fourth-order valence-electron chi connectivity index (χ4n) is 1.94. The van der Waals surface area contributed by atoms with Crippen LogP contribution in [0.2, 0.25) is 0 Å². The Hall–Kier alpha value is -1.49. The van der Waals surface area contributed by atoms with Crippen molar-refractivity contribution in [1.82, 2.24) is 4.90 Å². The Morgan fingerprint density at radius 3 is 2.94 bits per heavy atom. The van der Waals surface area contributed by atoms with E-state index >= 15 is 0 Å². The average molecular weight is 258 g/mol. The van der Waals surface area contributed by atoms with Crippen LogP contribution >= 0.6 is 11.6 Å². The Labute approximate surface area is 103 Å². The molecule has 0 saturated carbocycles. The molecule has 1 N–H and O–H groups in total. The summed E-state index contributed by atoms with van der Waals surface area (Å²) in [6, 6.07) is 2.47. The molecule has 1 fully saturated rings. The van der Waals surface area contributed by atoms with Crippen LogP contribution < -0.4 is 0 Å². The lowest BCUT2D eigenvalue weighted by molar-refractivity contribution is -0.148. The van der Waals surface area contributed by atoms with Crippen molar-refractivity contribution >= 4 is 23.5 Å². The van der Waals surface area contributed by atoms with E-state index in [0.29, 0.717) is 5.76 Å². The maximum Gasteiger partial charge on any atom is 0.326 e. The Morgan fingerprint density at radius 1 is 1.71 bits per heavy atom. The molecule has 0 aliphatic carbocycles.